The van der Waals surface area contributed by atoms with Crippen LogP contribution in [0.1, 0.15) is 83.1 Å². The summed E-state index contributed by atoms with van der Waals surface area (Å²) in [6.45, 7) is 40.4. The summed E-state index contributed by atoms with van der Waals surface area (Å²) in [4.78, 5) is 0. The van der Waals surface area contributed by atoms with E-state index in [0.29, 0.717) is 20.6 Å². The molecule has 0 saturated heterocycles. The normalized spacial score (nSPS) is 15.8. The van der Waals surface area contributed by atoms with E-state index in [1.165, 1.54) is 12.3 Å². The highest BCUT2D eigenvalue weighted by atomic mass is 31.4. The van der Waals surface area contributed by atoms with Gasteiger partial charge >= 0.3 is 0 Å². The smallest absolute Gasteiger partial charge is 0.0902 e. The summed E-state index contributed by atoms with van der Waals surface area (Å²) in [6, 6.07) is 0. The maximum Gasteiger partial charge on any atom is 0.0902 e. The molecule has 1 nitrogen and oxygen atoms in total. The Balaban J connectivity index is 5.42. The number of nitrogens with one attached hydrogen (secondary N) is 1. The molecule has 0 fully saturated rings. The molecule has 27 heavy (non-hydrogen) atoms. The van der Waals surface area contributed by atoms with Crippen LogP contribution >= 0.6 is 14.9 Å². The molecule has 0 radical (unpaired) electrons. The van der Waals surface area contributed by atoms with Crippen LogP contribution in [0.5, 0.6) is 0 Å². The summed E-state index contributed by atoms with van der Waals surface area (Å²) in [5, 5.41) is 5.80. The van der Waals surface area contributed by atoms with Crippen LogP contribution in [-0.2, 0) is 0 Å². The van der Waals surface area contributed by atoms with E-state index in [1.54, 1.807) is 0 Å². The minimum Gasteiger partial charge on any atom is -0.321 e. The minimum absolute atomic E-state index is 0.00316. The van der Waals surface area contributed by atoms with E-state index < -0.39 is 15.5 Å². The zero-order valence-electron chi connectivity index (χ0n) is 21.8. The first-order valence-electron chi connectivity index (χ1n) is 10.8. The molecule has 0 rings (SSSR count). The molecule has 0 saturated carbocycles. The molecule has 0 spiro atoms. The fraction of sp³-hybridized carbons (Fsp3) is 1.00. The van der Waals surface area contributed by atoms with Gasteiger partial charge in [0.15, 0.2) is 0 Å². The van der Waals surface area contributed by atoms with Crippen LogP contribution in [0.4, 0.5) is 0 Å². The Labute approximate surface area is 177 Å². The lowest BCUT2D eigenvalue weighted by atomic mass is 10.2. The molecule has 0 aliphatic rings. The van der Waals surface area contributed by atoms with Gasteiger partial charge in [0.2, 0.25) is 0 Å². The molecule has 0 aromatic rings. The van der Waals surface area contributed by atoms with E-state index in [-0.39, 0.29) is 14.9 Å². The monoisotopic (exact) mass is 449 g/mol. The summed E-state index contributed by atoms with van der Waals surface area (Å²) in [6.07, 6.45) is 2.56. The largest absolute Gasteiger partial charge is 0.321 e. The summed E-state index contributed by atoms with van der Waals surface area (Å²) >= 11 is 0. The summed E-state index contributed by atoms with van der Waals surface area (Å²) < 4.78 is 0. The molecule has 0 aromatic heterocycles. The van der Waals surface area contributed by atoms with Gasteiger partial charge in [0.1, 0.15) is 0 Å². The molecule has 0 amide bonds. The number of hydrogen-bond donors (Lipinski definition) is 1. The summed E-state index contributed by atoms with van der Waals surface area (Å²) in [7, 11) is -2.69. The maximum atomic E-state index is 4.07. The standard InChI is InChI=1S/C22H53NP2Si2/c1-19(2,3)24(20(4,5)6)26(13,14)17-23-18-27(15,16)25(21(7,8)9)22(10,11)12/h23H,17-18H2,1-16H3. The van der Waals surface area contributed by atoms with E-state index >= 15 is 0 Å². The Kier molecular flexibility index (Phi) is 9.19. The fourth-order valence-corrected chi connectivity index (χ4v) is 43.2. The second kappa shape index (κ2) is 8.78. The highest BCUT2D eigenvalue weighted by Gasteiger charge is 2.47. The number of hydrogen-bond acceptors (Lipinski definition) is 1. The quantitative estimate of drug-likeness (QED) is 0.318. The Morgan fingerprint density at radius 3 is 0.815 bits per heavy atom. The van der Waals surface area contributed by atoms with E-state index in [9.17, 15) is 0 Å². The Hall–Kier alpha value is 1.25. The van der Waals surface area contributed by atoms with Gasteiger partial charge in [-0.25, -0.2) is 0 Å². The van der Waals surface area contributed by atoms with Gasteiger partial charge in [-0.2, -0.15) is 0 Å². The average Bonchev–Trinajstić information content (AvgIpc) is 2.15. The van der Waals surface area contributed by atoms with Crippen molar-refractivity contribution in [1.29, 1.82) is 0 Å². The van der Waals surface area contributed by atoms with E-state index in [2.05, 4.69) is 115 Å². The van der Waals surface area contributed by atoms with Gasteiger partial charge < -0.3 is 5.32 Å². The Morgan fingerprint density at radius 1 is 0.481 bits per heavy atom. The molecule has 0 bridgehead atoms. The highest BCUT2D eigenvalue weighted by molar-refractivity contribution is 7.97. The van der Waals surface area contributed by atoms with Crippen LogP contribution in [-0.4, -0.2) is 48.4 Å². The molecule has 0 aliphatic heterocycles. The van der Waals surface area contributed by atoms with E-state index in [1.807, 2.05) is 0 Å². The van der Waals surface area contributed by atoms with Crippen molar-refractivity contribution in [2.75, 3.05) is 12.3 Å². The molecule has 0 aromatic carbocycles. The van der Waals surface area contributed by atoms with Crippen LogP contribution in [0.15, 0.2) is 0 Å². The second-order valence-corrected chi connectivity index (χ2v) is 38.2. The maximum absolute atomic E-state index is 4.07. The SMILES string of the molecule is CC(C)(C)P(C(C)(C)C)[Si](C)(C)CNC[Si](C)(C)P(C(C)(C)C)C(C)(C)C. The Bertz CT molecular complexity index is 403. The predicted octanol–water partition coefficient (Wildman–Crippen LogP) is 8.22. The molecule has 0 unspecified atom stereocenters. The van der Waals surface area contributed by atoms with Gasteiger partial charge in [0, 0.05) is 0 Å². The third-order valence-corrected chi connectivity index (χ3v) is 31.3. The topological polar surface area (TPSA) is 12.0 Å². The first kappa shape index (κ1) is 28.3. The molecular weight excluding hydrogens is 396 g/mol. The second-order valence-electron chi connectivity index (χ2n) is 13.6. The highest BCUT2D eigenvalue weighted by Crippen LogP contribution is 2.66. The van der Waals surface area contributed by atoms with E-state index in [0.717, 1.165) is 0 Å². The predicted molar refractivity (Wildman–Crippen MR) is 141 cm³/mol. The van der Waals surface area contributed by atoms with Gasteiger partial charge in [0.25, 0.3) is 0 Å². The van der Waals surface area contributed by atoms with Crippen molar-refractivity contribution in [3.8, 4) is 0 Å². The third-order valence-electron chi connectivity index (χ3n) is 5.01. The lowest BCUT2D eigenvalue weighted by Gasteiger charge is -2.52. The van der Waals surface area contributed by atoms with Crippen LogP contribution in [0.3, 0.4) is 0 Å². The molecule has 1 N–H and O–H groups in total. The van der Waals surface area contributed by atoms with Crippen molar-refractivity contribution in [3.05, 3.63) is 0 Å². The molecular formula is C22H53NP2Si2. The van der Waals surface area contributed by atoms with Gasteiger partial charge in [-0.3, -0.25) is 0 Å². The van der Waals surface area contributed by atoms with Crippen molar-refractivity contribution in [1.82, 2.24) is 5.32 Å². The lowest BCUT2D eigenvalue weighted by Crippen LogP contribution is -2.52. The summed E-state index contributed by atoms with van der Waals surface area (Å²) in [5.74, 6) is 0. The van der Waals surface area contributed by atoms with Gasteiger partial charge in [0.05, 0.1) is 15.5 Å². The average molecular weight is 450 g/mol. The number of rotatable bonds is 6. The zero-order valence-corrected chi connectivity index (χ0v) is 25.6. The molecule has 0 heterocycles. The van der Waals surface area contributed by atoms with Gasteiger partial charge in [-0.1, -0.05) is 109 Å². The molecule has 0 atom stereocenters. The summed E-state index contributed by atoms with van der Waals surface area (Å²) in [5.41, 5.74) is 0. The first-order chi connectivity index (χ1) is 11.4. The first-order valence-corrected chi connectivity index (χ1v) is 21.5. The van der Waals surface area contributed by atoms with Gasteiger partial charge in [-0.05, 0) is 33.0 Å². The van der Waals surface area contributed by atoms with Crippen LogP contribution < -0.4 is 5.32 Å². The fourth-order valence-electron chi connectivity index (χ4n) is 6.48. The van der Waals surface area contributed by atoms with Crippen molar-refractivity contribution >= 4 is 30.4 Å². The van der Waals surface area contributed by atoms with Crippen molar-refractivity contribution in [2.24, 2.45) is 0 Å². The Morgan fingerprint density at radius 2 is 0.667 bits per heavy atom. The molecule has 164 valence electrons. The van der Waals surface area contributed by atoms with E-state index in [4.69, 9.17) is 0 Å². The molecule has 0 aliphatic carbocycles. The van der Waals surface area contributed by atoms with Crippen LogP contribution in [0.2, 0.25) is 26.2 Å². The van der Waals surface area contributed by atoms with Crippen molar-refractivity contribution in [3.63, 3.8) is 0 Å². The van der Waals surface area contributed by atoms with Crippen molar-refractivity contribution in [2.45, 2.75) is 130 Å². The molecule has 5 heteroatoms. The third kappa shape index (κ3) is 8.49. The zero-order chi connectivity index (χ0) is 22.3. The van der Waals surface area contributed by atoms with Crippen molar-refractivity contribution < 1.29 is 0 Å². The minimum atomic E-state index is -1.35. The van der Waals surface area contributed by atoms with Crippen LogP contribution in [0.25, 0.3) is 0 Å². The van der Waals surface area contributed by atoms with Crippen LogP contribution in [0, 0.1) is 0 Å². The lowest BCUT2D eigenvalue weighted by molar-refractivity contribution is 0.715. The van der Waals surface area contributed by atoms with Gasteiger partial charge in [-0.15, -0.1) is 14.9 Å².